The molecule has 0 radical (unpaired) electrons. The highest BCUT2D eigenvalue weighted by Gasteiger charge is 2.11. The second kappa shape index (κ2) is 5.01. The Labute approximate surface area is 98.9 Å². The topological polar surface area (TPSA) is 73.3 Å². The number of aliphatic carboxylic acids is 1. The van der Waals surface area contributed by atoms with Crippen LogP contribution in [0.3, 0.4) is 0 Å². The smallest absolute Gasteiger partial charge is 0.303 e. The summed E-state index contributed by atoms with van der Waals surface area (Å²) in [7, 11) is 0. The van der Waals surface area contributed by atoms with Gasteiger partial charge in [-0.25, -0.2) is 0 Å². The number of aromatic amines is 1. The standard InChI is InChI=1S/C13H15NO3/c15-10(5-6-13(16)17)7-9-8-14-12-4-2-1-3-11(9)12/h1-4,8,10,14-15H,5-7H2,(H,16,17). The normalized spacial score (nSPS) is 12.8. The third-order valence-electron chi connectivity index (χ3n) is 2.82. The van der Waals surface area contributed by atoms with Crippen molar-refractivity contribution in [2.75, 3.05) is 0 Å². The summed E-state index contributed by atoms with van der Waals surface area (Å²) >= 11 is 0. The first-order valence-electron chi connectivity index (χ1n) is 5.61. The van der Waals surface area contributed by atoms with E-state index in [0.717, 1.165) is 16.5 Å². The van der Waals surface area contributed by atoms with Crippen LogP contribution in [0.1, 0.15) is 18.4 Å². The van der Waals surface area contributed by atoms with Crippen molar-refractivity contribution in [1.29, 1.82) is 0 Å². The Bertz CT molecular complexity index is 518. The van der Waals surface area contributed by atoms with Gasteiger partial charge in [-0.2, -0.15) is 0 Å². The number of aromatic nitrogens is 1. The Morgan fingerprint density at radius 2 is 2.12 bits per heavy atom. The molecule has 2 rings (SSSR count). The third-order valence-corrected chi connectivity index (χ3v) is 2.82. The summed E-state index contributed by atoms with van der Waals surface area (Å²) in [5.74, 6) is -0.872. The number of carbonyl (C=O) groups is 1. The number of para-hydroxylation sites is 1. The van der Waals surface area contributed by atoms with E-state index in [1.54, 1.807) is 0 Å². The average molecular weight is 233 g/mol. The van der Waals surface area contributed by atoms with Gasteiger partial charge in [0.2, 0.25) is 0 Å². The van der Waals surface area contributed by atoms with Gasteiger partial charge in [-0.1, -0.05) is 18.2 Å². The lowest BCUT2D eigenvalue weighted by Crippen LogP contribution is -2.12. The average Bonchev–Trinajstić information content (AvgIpc) is 2.70. The molecule has 0 aliphatic heterocycles. The second-order valence-electron chi connectivity index (χ2n) is 4.15. The monoisotopic (exact) mass is 233 g/mol. The summed E-state index contributed by atoms with van der Waals surface area (Å²) in [6.45, 7) is 0. The maximum absolute atomic E-state index is 10.4. The van der Waals surface area contributed by atoms with Gasteiger partial charge in [-0.15, -0.1) is 0 Å². The zero-order valence-corrected chi connectivity index (χ0v) is 9.39. The van der Waals surface area contributed by atoms with Gasteiger partial charge in [0.25, 0.3) is 0 Å². The molecule has 0 aliphatic rings. The van der Waals surface area contributed by atoms with Crippen molar-refractivity contribution >= 4 is 16.9 Å². The van der Waals surface area contributed by atoms with E-state index in [1.807, 2.05) is 30.5 Å². The zero-order valence-electron chi connectivity index (χ0n) is 9.39. The van der Waals surface area contributed by atoms with Gasteiger partial charge in [-0.05, 0) is 18.1 Å². The highest BCUT2D eigenvalue weighted by Crippen LogP contribution is 2.19. The van der Waals surface area contributed by atoms with Crippen molar-refractivity contribution in [3.8, 4) is 0 Å². The minimum Gasteiger partial charge on any atom is -0.481 e. The van der Waals surface area contributed by atoms with Crippen molar-refractivity contribution in [2.24, 2.45) is 0 Å². The molecule has 1 unspecified atom stereocenters. The van der Waals surface area contributed by atoms with Crippen LogP contribution in [-0.4, -0.2) is 27.3 Å². The maximum atomic E-state index is 10.4. The van der Waals surface area contributed by atoms with Crippen LogP contribution in [0.4, 0.5) is 0 Å². The molecule has 3 N–H and O–H groups in total. The molecule has 0 saturated carbocycles. The molecule has 90 valence electrons. The van der Waals surface area contributed by atoms with Crippen LogP contribution in [0.5, 0.6) is 0 Å². The molecule has 0 fully saturated rings. The number of hydrogen-bond donors (Lipinski definition) is 3. The summed E-state index contributed by atoms with van der Waals surface area (Å²) in [6.07, 6.45) is 2.04. The molecule has 1 heterocycles. The number of aliphatic hydroxyl groups excluding tert-OH is 1. The Morgan fingerprint density at radius 3 is 2.88 bits per heavy atom. The molecule has 0 bridgehead atoms. The highest BCUT2D eigenvalue weighted by molar-refractivity contribution is 5.83. The van der Waals surface area contributed by atoms with Crippen LogP contribution in [0.2, 0.25) is 0 Å². The fraction of sp³-hybridized carbons (Fsp3) is 0.308. The van der Waals surface area contributed by atoms with Crippen LogP contribution >= 0.6 is 0 Å². The lowest BCUT2D eigenvalue weighted by atomic mass is 10.0. The van der Waals surface area contributed by atoms with E-state index in [2.05, 4.69) is 4.98 Å². The van der Waals surface area contributed by atoms with Crippen LogP contribution < -0.4 is 0 Å². The van der Waals surface area contributed by atoms with E-state index in [4.69, 9.17) is 5.11 Å². The molecular formula is C13H15NO3. The van der Waals surface area contributed by atoms with Crippen LogP contribution in [-0.2, 0) is 11.2 Å². The summed E-state index contributed by atoms with van der Waals surface area (Å²) in [4.78, 5) is 13.5. The second-order valence-corrected chi connectivity index (χ2v) is 4.15. The van der Waals surface area contributed by atoms with Crippen molar-refractivity contribution in [2.45, 2.75) is 25.4 Å². The SMILES string of the molecule is O=C(O)CCC(O)Cc1c[nH]c2ccccc12. The van der Waals surface area contributed by atoms with E-state index in [9.17, 15) is 9.90 Å². The first-order valence-corrected chi connectivity index (χ1v) is 5.61. The number of H-pyrrole nitrogens is 1. The largest absolute Gasteiger partial charge is 0.481 e. The third kappa shape index (κ3) is 2.85. The number of rotatable bonds is 5. The first-order chi connectivity index (χ1) is 8.16. The molecule has 2 aromatic rings. The van der Waals surface area contributed by atoms with Crippen LogP contribution in [0.15, 0.2) is 30.5 Å². The molecule has 0 saturated heterocycles. The van der Waals surface area contributed by atoms with Crippen LogP contribution in [0, 0.1) is 0 Å². The number of fused-ring (bicyclic) bond motifs is 1. The van der Waals surface area contributed by atoms with Crippen molar-refractivity contribution in [3.05, 3.63) is 36.0 Å². The van der Waals surface area contributed by atoms with Gasteiger partial charge in [0.05, 0.1) is 6.10 Å². The number of carboxylic acids is 1. The molecule has 1 aromatic heterocycles. The maximum Gasteiger partial charge on any atom is 0.303 e. The van der Waals surface area contributed by atoms with E-state index in [1.165, 1.54) is 0 Å². The molecule has 1 aromatic carbocycles. The van der Waals surface area contributed by atoms with Crippen molar-refractivity contribution in [1.82, 2.24) is 4.98 Å². The molecule has 0 amide bonds. The van der Waals surface area contributed by atoms with Gasteiger partial charge >= 0.3 is 5.97 Å². The van der Waals surface area contributed by atoms with Crippen molar-refractivity contribution < 1.29 is 15.0 Å². The van der Waals surface area contributed by atoms with Crippen molar-refractivity contribution in [3.63, 3.8) is 0 Å². The number of aliphatic hydroxyl groups is 1. The van der Waals surface area contributed by atoms with E-state index < -0.39 is 12.1 Å². The van der Waals surface area contributed by atoms with E-state index in [0.29, 0.717) is 6.42 Å². The Kier molecular flexibility index (Phi) is 3.44. The van der Waals surface area contributed by atoms with Gasteiger partial charge < -0.3 is 15.2 Å². The minimum atomic E-state index is -0.872. The molecule has 4 nitrogen and oxygen atoms in total. The summed E-state index contributed by atoms with van der Waals surface area (Å²) in [5, 5.41) is 19.4. The predicted octanol–water partition coefficient (Wildman–Crippen LogP) is 1.94. The number of hydrogen-bond acceptors (Lipinski definition) is 2. The zero-order chi connectivity index (χ0) is 12.3. The molecule has 4 heteroatoms. The predicted molar refractivity (Wildman–Crippen MR) is 64.9 cm³/mol. The van der Waals surface area contributed by atoms with Gasteiger partial charge in [-0.3, -0.25) is 4.79 Å². The van der Waals surface area contributed by atoms with Gasteiger partial charge in [0, 0.05) is 29.9 Å². The number of carboxylic acid groups (broad SMARTS) is 1. The minimum absolute atomic E-state index is 0.00349. The molecule has 0 aliphatic carbocycles. The first kappa shape index (κ1) is 11.7. The molecular weight excluding hydrogens is 218 g/mol. The number of benzene rings is 1. The summed E-state index contributed by atoms with van der Waals surface area (Å²) in [5.41, 5.74) is 2.06. The van der Waals surface area contributed by atoms with E-state index in [-0.39, 0.29) is 12.8 Å². The number of nitrogens with one attached hydrogen (secondary N) is 1. The Hall–Kier alpha value is -1.81. The Morgan fingerprint density at radius 1 is 1.35 bits per heavy atom. The quantitative estimate of drug-likeness (QED) is 0.738. The van der Waals surface area contributed by atoms with Crippen LogP contribution in [0.25, 0.3) is 10.9 Å². The lowest BCUT2D eigenvalue weighted by molar-refractivity contribution is -0.137. The molecule has 17 heavy (non-hydrogen) atoms. The van der Waals surface area contributed by atoms with Gasteiger partial charge in [0.1, 0.15) is 0 Å². The summed E-state index contributed by atoms with van der Waals surface area (Å²) < 4.78 is 0. The molecule has 0 spiro atoms. The summed E-state index contributed by atoms with van der Waals surface area (Å²) in [6, 6.07) is 7.86. The lowest BCUT2D eigenvalue weighted by Gasteiger charge is -2.07. The highest BCUT2D eigenvalue weighted by atomic mass is 16.4. The molecule has 1 atom stereocenters. The Balaban J connectivity index is 2.05. The fourth-order valence-electron chi connectivity index (χ4n) is 1.95. The van der Waals surface area contributed by atoms with E-state index >= 15 is 0 Å². The van der Waals surface area contributed by atoms with Gasteiger partial charge in [0.15, 0.2) is 0 Å². The fourth-order valence-corrected chi connectivity index (χ4v) is 1.95.